The number of hydrogen-bond acceptors (Lipinski definition) is 5. The normalized spacial score (nSPS) is 21.1. The maximum Gasteiger partial charge on any atom is 0.410 e. The van der Waals surface area contributed by atoms with Crippen LogP contribution >= 0.6 is 0 Å². The average Bonchev–Trinajstić information content (AvgIpc) is 2.59. The lowest BCUT2D eigenvalue weighted by Gasteiger charge is -2.39. The minimum absolute atomic E-state index is 0.203. The fourth-order valence-electron chi connectivity index (χ4n) is 3.97. The molecule has 0 radical (unpaired) electrons. The molecule has 0 spiro atoms. The summed E-state index contributed by atoms with van der Waals surface area (Å²) in [6, 6.07) is 0.821. The largest absolute Gasteiger partial charge is 0.444 e. The zero-order valence-electron chi connectivity index (χ0n) is 19.4. The van der Waals surface area contributed by atoms with E-state index in [2.05, 4.69) is 12.2 Å². The van der Waals surface area contributed by atoms with Crippen molar-refractivity contribution in [3.05, 3.63) is 0 Å². The van der Waals surface area contributed by atoms with Gasteiger partial charge < -0.3 is 24.6 Å². The Labute approximate surface area is 176 Å². The lowest BCUT2D eigenvalue weighted by Crippen LogP contribution is -2.51. The average molecular weight is 412 g/mol. The van der Waals surface area contributed by atoms with Crippen LogP contribution in [-0.4, -0.2) is 71.5 Å². The molecule has 1 unspecified atom stereocenters. The van der Waals surface area contributed by atoms with Crippen LogP contribution in [0.1, 0.15) is 74.1 Å². The van der Waals surface area contributed by atoms with Gasteiger partial charge in [0.05, 0.1) is 0 Å². The molecule has 0 saturated carbocycles. The molecule has 1 N–H and O–H groups in total. The van der Waals surface area contributed by atoms with E-state index in [1.54, 1.807) is 0 Å². The summed E-state index contributed by atoms with van der Waals surface area (Å²) in [6.07, 6.45) is 3.46. The first kappa shape index (κ1) is 23.8. The monoisotopic (exact) mass is 411 g/mol. The number of amides is 2. The number of nitrogens with zero attached hydrogens (tertiary/aromatic N) is 2. The van der Waals surface area contributed by atoms with E-state index in [9.17, 15) is 9.59 Å². The Morgan fingerprint density at radius 3 is 1.55 bits per heavy atom. The van der Waals surface area contributed by atoms with Crippen LogP contribution in [0.4, 0.5) is 9.59 Å². The highest BCUT2D eigenvalue weighted by atomic mass is 16.6. The summed E-state index contributed by atoms with van der Waals surface area (Å²) in [5.41, 5.74) is -0.897. The summed E-state index contributed by atoms with van der Waals surface area (Å²) in [5.74, 6) is 0.553. The quantitative estimate of drug-likeness (QED) is 0.760. The van der Waals surface area contributed by atoms with Gasteiger partial charge in [-0.1, -0.05) is 0 Å². The summed E-state index contributed by atoms with van der Waals surface area (Å²) < 4.78 is 11.0. The van der Waals surface area contributed by atoms with Gasteiger partial charge in [0.15, 0.2) is 0 Å². The molecule has 2 rings (SSSR count). The Morgan fingerprint density at radius 2 is 1.17 bits per heavy atom. The molecule has 2 fully saturated rings. The van der Waals surface area contributed by atoms with Gasteiger partial charge in [0, 0.05) is 38.3 Å². The van der Waals surface area contributed by atoms with E-state index in [0.717, 1.165) is 51.9 Å². The molecular weight excluding hydrogens is 370 g/mol. The number of hydrogen-bond donors (Lipinski definition) is 1. The van der Waals surface area contributed by atoms with Gasteiger partial charge in [-0.3, -0.25) is 0 Å². The van der Waals surface area contributed by atoms with Gasteiger partial charge in [-0.15, -0.1) is 0 Å². The summed E-state index contributed by atoms with van der Waals surface area (Å²) in [5, 5.41) is 3.77. The van der Waals surface area contributed by atoms with Gasteiger partial charge in [0.2, 0.25) is 0 Å². The molecule has 29 heavy (non-hydrogen) atoms. The van der Waals surface area contributed by atoms with E-state index in [4.69, 9.17) is 9.47 Å². The van der Waals surface area contributed by atoms with Crippen molar-refractivity contribution in [2.24, 2.45) is 5.92 Å². The van der Waals surface area contributed by atoms with Gasteiger partial charge in [-0.25, -0.2) is 9.59 Å². The summed E-state index contributed by atoms with van der Waals surface area (Å²) in [4.78, 5) is 28.1. The van der Waals surface area contributed by atoms with E-state index >= 15 is 0 Å². The van der Waals surface area contributed by atoms with Crippen molar-refractivity contribution in [3.63, 3.8) is 0 Å². The molecule has 0 aromatic carbocycles. The number of likely N-dealkylation sites (tertiary alicyclic amines) is 2. The number of nitrogens with one attached hydrogen (secondary N) is 1. The van der Waals surface area contributed by atoms with Crippen LogP contribution in [-0.2, 0) is 9.47 Å². The molecule has 1 atom stereocenters. The molecule has 2 saturated heterocycles. The van der Waals surface area contributed by atoms with Crippen LogP contribution in [0.5, 0.6) is 0 Å². The SMILES string of the molecule is CC(NC1CCN(C(=O)OC(C)(C)C)CC1)C1CCN(C(=O)OC(C)(C)C)CC1. The second-order valence-corrected chi connectivity index (χ2v) is 10.5. The lowest BCUT2D eigenvalue weighted by molar-refractivity contribution is 0.0146. The molecule has 0 aromatic rings. The zero-order chi connectivity index (χ0) is 21.8. The van der Waals surface area contributed by atoms with Gasteiger partial charge in [0.1, 0.15) is 11.2 Å². The van der Waals surface area contributed by atoms with Crippen LogP contribution in [0.2, 0.25) is 0 Å². The van der Waals surface area contributed by atoms with Crippen molar-refractivity contribution in [3.8, 4) is 0 Å². The molecule has 2 aliphatic heterocycles. The van der Waals surface area contributed by atoms with Crippen molar-refractivity contribution in [1.82, 2.24) is 15.1 Å². The first-order chi connectivity index (χ1) is 13.3. The van der Waals surface area contributed by atoms with Crippen molar-refractivity contribution in [1.29, 1.82) is 0 Å². The minimum Gasteiger partial charge on any atom is -0.444 e. The Kier molecular flexibility index (Phi) is 7.82. The van der Waals surface area contributed by atoms with Crippen molar-refractivity contribution in [2.45, 2.75) is 97.4 Å². The van der Waals surface area contributed by atoms with Gasteiger partial charge >= 0.3 is 12.2 Å². The highest BCUT2D eigenvalue weighted by Crippen LogP contribution is 2.24. The third-order valence-corrected chi connectivity index (χ3v) is 5.54. The summed E-state index contributed by atoms with van der Waals surface area (Å²) >= 11 is 0. The Hall–Kier alpha value is -1.50. The lowest BCUT2D eigenvalue weighted by atomic mass is 9.89. The maximum absolute atomic E-state index is 12.2. The van der Waals surface area contributed by atoms with Crippen LogP contribution < -0.4 is 5.32 Å². The van der Waals surface area contributed by atoms with E-state index in [1.807, 2.05) is 51.3 Å². The van der Waals surface area contributed by atoms with E-state index in [1.165, 1.54) is 0 Å². The van der Waals surface area contributed by atoms with Crippen molar-refractivity contribution in [2.75, 3.05) is 26.2 Å². The Balaban J connectivity index is 1.71. The number of piperidine rings is 2. The number of rotatable bonds is 3. The van der Waals surface area contributed by atoms with Crippen LogP contribution in [0.15, 0.2) is 0 Å². The van der Waals surface area contributed by atoms with E-state index < -0.39 is 11.2 Å². The van der Waals surface area contributed by atoms with Gasteiger partial charge in [-0.2, -0.15) is 0 Å². The topological polar surface area (TPSA) is 71.1 Å². The smallest absolute Gasteiger partial charge is 0.410 e. The third-order valence-electron chi connectivity index (χ3n) is 5.54. The molecule has 7 heteroatoms. The Bertz CT molecular complexity index is 551. The molecular formula is C22H41N3O4. The molecule has 2 heterocycles. The number of ether oxygens (including phenoxy) is 2. The Morgan fingerprint density at radius 1 is 0.793 bits per heavy atom. The number of carbonyl (C=O) groups is 2. The zero-order valence-corrected chi connectivity index (χ0v) is 19.4. The van der Waals surface area contributed by atoms with E-state index in [-0.39, 0.29) is 12.2 Å². The predicted octanol–water partition coefficient (Wildman–Crippen LogP) is 4.01. The highest BCUT2D eigenvalue weighted by Gasteiger charge is 2.31. The third kappa shape index (κ3) is 8.03. The number of carbonyl (C=O) groups excluding carboxylic acids is 2. The maximum atomic E-state index is 12.2. The molecule has 7 nitrogen and oxygen atoms in total. The van der Waals surface area contributed by atoms with Crippen LogP contribution in [0.3, 0.4) is 0 Å². The minimum atomic E-state index is -0.450. The van der Waals surface area contributed by atoms with Gasteiger partial charge in [0.25, 0.3) is 0 Å². The second-order valence-electron chi connectivity index (χ2n) is 10.5. The molecule has 2 amide bonds. The van der Waals surface area contributed by atoms with Crippen molar-refractivity contribution < 1.29 is 19.1 Å². The molecule has 168 valence electrons. The summed E-state index contributed by atoms with van der Waals surface area (Å²) in [6.45, 7) is 16.6. The fourth-order valence-corrected chi connectivity index (χ4v) is 3.97. The van der Waals surface area contributed by atoms with Gasteiger partial charge in [-0.05, 0) is 80.1 Å². The van der Waals surface area contributed by atoms with E-state index in [0.29, 0.717) is 18.0 Å². The predicted molar refractivity (Wildman–Crippen MR) is 114 cm³/mol. The van der Waals surface area contributed by atoms with Crippen molar-refractivity contribution >= 4 is 12.2 Å². The molecule has 0 bridgehead atoms. The molecule has 0 aliphatic carbocycles. The summed E-state index contributed by atoms with van der Waals surface area (Å²) in [7, 11) is 0. The standard InChI is InChI=1S/C22H41N3O4/c1-16(17-8-12-24(13-9-17)19(26)28-21(2,3)4)23-18-10-14-25(15-11-18)20(27)29-22(5,6)7/h16-18,23H,8-15H2,1-7H3. The molecule has 2 aliphatic rings. The van der Waals surface area contributed by atoms with Crippen LogP contribution in [0, 0.1) is 5.92 Å². The van der Waals surface area contributed by atoms with Crippen LogP contribution in [0.25, 0.3) is 0 Å². The first-order valence-electron chi connectivity index (χ1n) is 11.1. The second kappa shape index (κ2) is 9.54. The highest BCUT2D eigenvalue weighted by molar-refractivity contribution is 5.68. The first-order valence-corrected chi connectivity index (χ1v) is 11.1. The molecule has 0 aromatic heterocycles. The fraction of sp³-hybridized carbons (Fsp3) is 0.909.